The lowest BCUT2D eigenvalue weighted by atomic mass is 10.0. The van der Waals surface area contributed by atoms with E-state index in [1.54, 1.807) is 18.6 Å². The molecule has 0 saturated heterocycles. The van der Waals surface area contributed by atoms with E-state index in [0.717, 1.165) is 30.0 Å². The number of anilines is 1. The van der Waals surface area contributed by atoms with Crippen LogP contribution in [0.2, 0.25) is 0 Å². The van der Waals surface area contributed by atoms with Crippen LogP contribution in [-0.2, 0) is 6.42 Å². The molecule has 0 saturated carbocycles. The van der Waals surface area contributed by atoms with Crippen molar-refractivity contribution in [1.82, 2.24) is 15.0 Å². The van der Waals surface area contributed by atoms with E-state index >= 15 is 0 Å². The number of hydrogen-bond donors (Lipinski definition) is 1. The molecule has 1 aliphatic heterocycles. The Hall–Kier alpha value is -1.97. The minimum absolute atomic E-state index is 0.878. The van der Waals surface area contributed by atoms with E-state index in [4.69, 9.17) is 0 Å². The maximum absolute atomic E-state index is 4.42. The smallest absolute Gasteiger partial charge is 0.129 e. The first-order valence-electron chi connectivity index (χ1n) is 5.43. The van der Waals surface area contributed by atoms with E-state index in [2.05, 4.69) is 26.3 Å². The zero-order valence-electron chi connectivity index (χ0n) is 8.85. The number of aromatic nitrogens is 3. The van der Waals surface area contributed by atoms with Crippen LogP contribution >= 0.6 is 0 Å². The highest BCUT2D eigenvalue weighted by atomic mass is 15.0. The summed E-state index contributed by atoms with van der Waals surface area (Å²) in [6, 6.07) is 2.15. The molecule has 0 spiro atoms. The first kappa shape index (κ1) is 9.27. The average molecular weight is 212 g/mol. The lowest BCUT2D eigenvalue weighted by molar-refractivity contribution is 0.818. The summed E-state index contributed by atoms with van der Waals surface area (Å²) in [7, 11) is 0. The molecular formula is C12H12N4. The van der Waals surface area contributed by atoms with Crippen molar-refractivity contribution in [3.63, 3.8) is 0 Å². The van der Waals surface area contributed by atoms with Crippen LogP contribution in [0.1, 0.15) is 12.0 Å². The van der Waals surface area contributed by atoms with E-state index in [1.165, 1.54) is 12.0 Å². The molecule has 0 atom stereocenters. The Morgan fingerprint density at radius 1 is 1.12 bits per heavy atom. The van der Waals surface area contributed by atoms with Crippen molar-refractivity contribution >= 4 is 5.82 Å². The number of fused-ring (bicyclic) bond motifs is 1. The zero-order chi connectivity index (χ0) is 10.8. The molecule has 1 N–H and O–H groups in total. The number of rotatable bonds is 1. The number of aryl methyl sites for hydroxylation is 1. The second-order valence-corrected chi connectivity index (χ2v) is 3.85. The zero-order valence-corrected chi connectivity index (χ0v) is 8.85. The van der Waals surface area contributed by atoms with Gasteiger partial charge in [-0.1, -0.05) is 0 Å². The summed E-state index contributed by atoms with van der Waals surface area (Å²) in [6.45, 7) is 1.02. The second-order valence-electron chi connectivity index (χ2n) is 3.85. The van der Waals surface area contributed by atoms with Gasteiger partial charge in [-0.2, -0.15) is 0 Å². The molecule has 3 heterocycles. The largest absolute Gasteiger partial charge is 0.370 e. The minimum atomic E-state index is 0.878. The molecule has 4 nitrogen and oxygen atoms in total. The van der Waals surface area contributed by atoms with Crippen molar-refractivity contribution in [1.29, 1.82) is 0 Å². The molecule has 2 aromatic heterocycles. The van der Waals surface area contributed by atoms with Gasteiger partial charge in [-0.15, -0.1) is 0 Å². The van der Waals surface area contributed by atoms with Gasteiger partial charge in [0.05, 0.1) is 11.9 Å². The summed E-state index contributed by atoms with van der Waals surface area (Å²) < 4.78 is 0. The normalized spacial score (nSPS) is 14.0. The highest BCUT2D eigenvalue weighted by Gasteiger charge is 2.11. The lowest BCUT2D eigenvalue weighted by Gasteiger charge is -2.17. The third-order valence-corrected chi connectivity index (χ3v) is 2.74. The van der Waals surface area contributed by atoms with Crippen LogP contribution in [0.15, 0.2) is 30.9 Å². The summed E-state index contributed by atoms with van der Waals surface area (Å²) in [5.74, 6) is 1.01. The van der Waals surface area contributed by atoms with Crippen molar-refractivity contribution in [2.75, 3.05) is 11.9 Å². The minimum Gasteiger partial charge on any atom is -0.370 e. The Morgan fingerprint density at radius 2 is 2.12 bits per heavy atom. The Kier molecular flexibility index (Phi) is 2.25. The molecule has 0 fully saturated rings. The topological polar surface area (TPSA) is 50.7 Å². The second kappa shape index (κ2) is 3.89. The highest BCUT2D eigenvalue weighted by Crippen LogP contribution is 2.24. The van der Waals surface area contributed by atoms with Gasteiger partial charge in [-0.3, -0.25) is 9.97 Å². The van der Waals surface area contributed by atoms with Crippen molar-refractivity contribution in [3.8, 4) is 11.3 Å². The fourth-order valence-electron chi connectivity index (χ4n) is 1.93. The Balaban J connectivity index is 2.03. The van der Waals surface area contributed by atoms with Crippen LogP contribution in [0.3, 0.4) is 0 Å². The summed E-state index contributed by atoms with van der Waals surface area (Å²) in [5, 5.41) is 3.29. The van der Waals surface area contributed by atoms with Gasteiger partial charge in [0.15, 0.2) is 0 Å². The average Bonchev–Trinajstić information content (AvgIpc) is 2.39. The van der Waals surface area contributed by atoms with Gasteiger partial charge in [-0.25, -0.2) is 4.98 Å². The summed E-state index contributed by atoms with van der Waals surface area (Å²) >= 11 is 0. The van der Waals surface area contributed by atoms with E-state index in [-0.39, 0.29) is 0 Å². The maximum Gasteiger partial charge on any atom is 0.129 e. The summed E-state index contributed by atoms with van der Waals surface area (Å²) in [4.78, 5) is 12.8. The van der Waals surface area contributed by atoms with Crippen LogP contribution in [0.4, 0.5) is 5.82 Å². The number of nitrogens with one attached hydrogen (secondary N) is 1. The third-order valence-electron chi connectivity index (χ3n) is 2.74. The predicted octanol–water partition coefficient (Wildman–Crippen LogP) is 1.90. The first-order chi connectivity index (χ1) is 7.93. The molecule has 80 valence electrons. The van der Waals surface area contributed by atoms with E-state index in [9.17, 15) is 0 Å². The van der Waals surface area contributed by atoms with Crippen molar-refractivity contribution in [3.05, 3.63) is 36.4 Å². The molecule has 0 unspecified atom stereocenters. The first-order valence-corrected chi connectivity index (χ1v) is 5.43. The number of pyridine rings is 1. The summed E-state index contributed by atoms with van der Waals surface area (Å²) in [5.41, 5.74) is 3.19. The molecule has 0 radical (unpaired) electrons. The van der Waals surface area contributed by atoms with Gasteiger partial charge in [-0.05, 0) is 24.5 Å². The molecule has 0 bridgehead atoms. The van der Waals surface area contributed by atoms with Crippen molar-refractivity contribution in [2.45, 2.75) is 12.8 Å². The van der Waals surface area contributed by atoms with E-state index in [0.29, 0.717) is 0 Å². The molecule has 3 rings (SSSR count). The van der Waals surface area contributed by atoms with Crippen molar-refractivity contribution in [2.24, 2.45) is 0 Å². The monoisotopic (exact) mass is 212 g/mol. The van der Waals surface area contributed by atoms with Crippen LogP contribution in [0, 0.1) is 0 Å². The SMILES string of the molecule is c1cnc(-c2cnc3c(c2)CCCN3)cn1. The van der Waals surface area contributed by atoms with E-state index in [1.807, 2.05) is 6.20 Å². The number of hydrogen-bond acceptors (Lipinski definition) is 4. The summed E-state index contributed by atoms with van der Waals surface area (Å²) in [6.07, 6.45) is 9.24. The quantitative estimate of drug-likeness (QED) is 0.784. The molecule has 4 heteroatoms. The Morgan fingerprint density at radius 3 is 3.00 bits per heavy atom. The van der Waals surface area contributed by atoms with Crippen molar-refractivity contribution < 1.29 is 0 Å². The fourth-order valence-corrected chi connectivity index (χ4v) is 1.93. The van der Waals surface area contributed by atoms with Gasteiger partial charge in [0.2, 0.25) is 0 Å². The molecule has 0 aliphatic carbocycles. The van der Waals surface area contributed by atoms with Crippen LogP contribution in [0.25, 0.3) is 11.3 Å². The molecular weight excluding hydrogens is 200 g/mol. The van der Waals surface area contributed by atoms with Crippen LogP contribution in [0.5, 0.6) is 0 Å². The van der Waals surface area contributed by atoms with Gasteiger partial charge in [0.1, 0.15) is 5.82 Å². The highest BCUT2D eigenvalue weighted by molar-refractivity contribution is 5.62. The molecule has 2 aromatic rings. The predicted molar refractivity (Wildman–Crippen MR) is 62.1 cm³/mol. The van der Waals surface area contributed by atoms with Gasteiger partial charge in [0.25, 0.3) is 0 Å². The van der Waals surface area contributed by atoms with E-state index < -0.39 is 0 Å². The third kappa shape index (κ3) is 1.62. The fraction of sp³-hybridized carbons (Fsp3) is 0.250. The molecule has 16 heavy (non-hydrogen) atoms. The maximum atomic E-state index is 4.42. The van der Waals surface area contributed by atoms with Gasteiger partial charge in [0, 0.05) is 30.7 Å². The molecule has 1 aliphatic rings. The van der Waals surface area contributed by atoms with Crippen LogP contribution in [-0.4, -0.2) is 21.5 Å². The Labute approximate surface area is 93.8 Å². The lowest BCUT2D eigenvalue weighted by Crippen LogP contribution is -2.13. The van der Waals surface area contributed by atoms with Gasteiger partial charge < -0.3 is 5.32 Å². The Bertz CT molecular complexity index is 496. The molecule has 0 amide bonds. The number of nitrogens with zero attached hydrogens (tertiary/aromatic N) is 3. The van der Waals surface area contributed by atoms with Crippen LogP contribution < -0.4 is 5.32 Å². The molecule has 0 aromatic carbocycles. The van der Waals surface area contributed by atoms with Gasteiger partial charge >= 0.3 is 0 Å². The standard InChI is InChI=1S/C12H12N4/c1-2-9-6-10(7-16-12(9)15-3-1)11-8-13-4-5-14-11/h4-8H,1-3H2,(H,15,16).